The van der Waals surface area contributed by atoms with Gasteiger partial charge in [0.1, 0.15) is 0 Å². The van der Waals surface area contributed by atoms with E-state index in [1.807, 2.05) is 18.2 Å². The smallest absolute Gasteiger partial charge is 0.190 e. The summed E-state index contributed by atoms with van der Waals surface area (Å²) in [6, 6.07) is 19.0. The Bertz CT molecular complexity index is 826. The topological polar surface area (TPSA) is 17.3 Å². The Morgan fingerprint density at radius 3 is 2.42 bits per heavy atom. The van der Waals surface area contributed by atoms with Crippen LogP contribution in [0.4, 0.5) is 5.69 Å². The third-order valence-electron chi connectivity index (χ3n) is 4.11. The molecular formula is C21H24N2S. The molecule has 0 amide bonds. The van der Waals surface area contributed by atoms with Gasteiger partial charge in [0.2, 0.25) is 0 Å². The maximum atomic E-state index is 4.87. The lowest BCUT2D eigenvalue weighted by molar-refractivity contribution is 0.596. The monoisotopic (exact) mass is 336 g/mol. The van der Waals surface area contributed by atoms with Crippen LogP contribution in [0.1, 0.15) is 31.7 Å². The third kappa shape index (κ3) is 4.04. The molecule has 0 N–H and O–H groups in total. The molecule has 3 aromatic rings. The predicted molar refractivity (Wildman–Crippen MR) is 104 cm³/mol. The highest BCUT2D eigenvalue weighted by Gasteiger charge is 2.08. The molecule has 1 heterocycles. The van der Waals surface area contributed by atoms with Gasteiger partial charge in [-0.3, -0.25) is 0 Å². The van der Waals surface area contributed by atoms with E-state index in [1.54, 1.807) is 11.3 Å². The number of unbranched alkanes of at least 4 members (excludes halogenated alkanes) is 2. The molecule has 0 bridgehead atoms. The lowest BCUT2D eigenvalue weighted by Gasteiger charge is -2.09. The van der Waals surface area contributed by atoms with Crippen LogP contribution in [-0.4, -0.2) is 4.57 Å². The number of thiazole rings is 1. The van der Waals surface area contributed by atoms with Crippen LogP contribution in [0.3, 0.4) is 0 Å². The van der Waals surface area contributed by atoms with Crippen molar-refractivity contribution in [1.29, 1.82) is 0 Å². The normalized spacial score (nSPS) is 11.8. The summed E-state index contributed by atoms with van der Waals surface area (Å²) in [5.74, 6) is 0. The number of aromatic nitrogens is 1. The zero-order valence-corrected chi connectivity index (χ0v) is 15.2. The SMILES string of the molecule is CCCCCn1c(-c2ccc(C)cc2)csc1=Nc1ccccc1. The lowest BCUT2D eigenvalue weighted by atomic mass is 10.1. The van der Waals surface area contributed by atoms with Crippen molar-refractivity contribution in [2.24, 2.45) is 4.99 Å². The molecule has 2 aromatic carbocycles. The molecule has 0 aliphatic heterocycles. The number of hydrogen-bond acceptors (Lipinski definition) is 2. The number of rotatable bonds is 6. The van der Waals surface area contributed by atoms with Gasteiger partial charge in [0.15, 0.2) is 4.80 Å². The van der Waals surface area contributed by atoms with Crippen molar-refractivity contribution in [2.45, 2.75) is 39.7 Å². The molecule has 1 aromatic heterocycles. The van der Waals surface area contributed by atoms with Gasteiger partial charge in [-0.25, -0.2) is 4.99 Å². The zero-order valence-electron chi connectivity index (χ0n) is 14.4. The van der Waals surface area contributed by atoms with Gasteiger partial charge in [-0.1, -0.05) is 67.8 Å². The molecule has 0 saturated carbocycles. The lowest BCUT2D eigenvalue weighted by Crippen LogP contribution is -2.16. The first-order chi connectivity index (χ1) is 11.8. The second-order valence-corrected chi connectivity index (χ2v) is 6.91. The number of nitrogens with zero attached hydrogens (tertiary/aromatic N) is 2. The molecule has 0 spiro atoms. The highest BCUT2D eigenvalue weighted by molar-refractivity contribution is 7.07. The average molecular weight is 337 g/mol. The Hall–Kier alpha value is -2.13. The van der Waals surface area contributed by atoms with E-state index >= 15 is 0 Å². The van der Waals surface area contributed by atoms with Crippen LogP contribution < -0.4 is 4.80 Å². The molecule has 0 aliphatic carbocycles. The van der Waals surface area contributed by atoms with E-state index < -0.39 is 0 Å². The zero-order chi connectivity index (χ0) is 16.8. The van der Waals surface area contributed by atoms with E-state index in [0.29, 0.717) is 0 Å². The number of aryl methyl sites for hydroxylation is 1. The Balaban J connectivity index is 2.03. The first kappa shape index (κ1) is 16.7. The van der Waals surface area contributed by atoms with Crippen molar-refractivity contribution >= 4 is 17.0 Å². The van der Waals surface area contributed by atoms with E-state index in [9.17, 15) is 0 Å². The average Bonchev–Trinajstić information content (AvgIpc) is 2.99. The van der Waals surface area contributed by atoms with Gasteiger partial charge in [-0.2, -0.15) is 0 Å². The Morgan fingerprint density at radius 2 is 1.71 bits per heavy atom. The van der Waals surface area contributed by atoms with Crippen LogP contribution in [-0.2, 0) is 6.54 Å². The highest BCUT2D eigenvalue weighted by atomic mass is 32.1. The van der Waals surface area contributed by atoms with Crippen molar-refractivity contribution in [3.63, 3.8) is 0 Å². The van der Waals surface area contributed by atoms with E-state index in [4.69, 9.17) is 4.99 Å². The van der Waals surface area contributed by atoms with Crippen LogP contribution in [0.15, 0.2) is 65.0 Å². The largest absolute Gasteiger partial charge is 0.316 e. The number of hydrogen-bond donors (Lipinski definition) is 0. The minimum atomic E-state index is 1.01. The van der Waals surface area contributed by atoms with Crippen LogP contribution in [0, 0.1) is 6.92 Å². The quantitative estimate of drug-likeness (QED) is 0.495. The van der Waals surface area contributed by atoms with Crippen LogP contribution in [0.2, 0.25) is 0 Å². The molecule has 0 atom stereocenters. The molecule has 0 saturated heterocycles. The minimum absolute atomic E-state index is 1.01. The Kier molecular flexibility index (Phi) is 5.65. The first-order valence-corrected chi connectivity index (χ1v) is 9.51. The highest BCUT2D eigenvalue weighted by Crippen LogP contribution is 2.22. The van der Waals surface area contributed by atoms with Crippen molar-refractivity contribution in [1.82, 2.24) is 4.57 Å². The van der Waals surface area contributed by atoms with Crippen molar-refractivity contribution in [2.75, 3.05) is 0 Å². The summed E-state index contributed by atoms with van der Waals surface area (Å²) >= 11 is 1.72. The summed E-state index contributed by atoms with van der Waals surface area (Å²) in [6.07, 6.45) is 3.67. The maximum absolute atomic E-state index is 4.87. The van der Waals surface area contributed by atoms with Gasteiger partial charge in [0, 0.05) is 11.9 Å². The van der Waals surface area contributed by atoms with Gasteiger partial charge < -0.3 is 4.57 Å². The molecule has 0 aliphatic rings. The summed E-state index contributed by atoms with van der Waals surface area (Å²) in [5.41, 5.74) is 4.84. The van der Waals surface area contributed by atoms with Gasteiger partial charge >= 0.3 is 0 Å². The second-order valence-electron chi connectivity index (χ2n) is 6.08. The molecule has 3 heteroatoms. The van der Waals surface area contributed by atoms with Gasteiger partial charge in [-0.15, -0.1) is 11.3 Å². The van der Waals surface area contributed by atoms with E-state index in [-0.39, 0.29) is 0 Å². The maximum Gasteiger partial charge on any atom is 0.190 e. The third-order valence-corrected chi connectivity index (χ3v) is 4.97. The fraction of sp³-hybridized carbons (Fsp3) is 0.286. The van der Waals surface area contributed by atoms with E-state index in [1.165, 1.54) is 36.1 Å². The Morgan fingerprint density at radius 1 is 0.958 bits per heavy atom. The molecule has 124 valence electrons. The number of para-hydroxylation sites is 1. The minimum Gasteiger partial charge on any atom is -0.316 e. The molecular weight excluding hydrogens is 312 g/mol. The summed E-state index contributed by atoms with van der Waals surface area (Å²) < 4.78 is 2.37. The van der Waals surface area contributed by atoms with E-state index in [2.05, 4.69) is 60.2 Å². The summed E-state index contributed by atoms with van der Waals surface area (Å²) in [7, 11) is 0. The fourth-order valence-electron chi connectivity index (χ4n) is 2.72. The van der Waals surface area contributed by atoms with Gasteiger partial charge in [0.05, 0.1) is 11.4 Å². The second kappa shape index (κ2) is 8.11. The van der Waals surface area contributed by atoms with Crippen LogP contribution >= 0.6 is 11.3 Å². The molecule has 0 radical (unpaired) electrons. The van der Waals surface area contributed by atoms with Gasteiger partial charge in [0.25, 0.3) is 0 Å². The van der Waals surface area contributed by atoms with Crippen molar-refractivity contribution in [3.8, 4) is 11.3 Å². The van der Waals surface area contributed by atoms with Crippen LogP contribution in [0.25, 0.3) is 11.3 Å². The fourth-order valence-corrected chi connectivity index (χ4v) is 3.68. The van der Waals surface area contributed by atoms with E-state index in [0.717, 1.165) is 17.0 Å². The van der Waals surface area contributed by atoms with Crippen molar-refractivity contribution in [3.05, 3.63) is 70.3 Å². The van der Waals surface area contributed by atoms with Crippen molar-refractivity contribution < 1.29 is 0 Å². The predicted octanol–water partition coefficient (Wildman–Crippen LogP) is 5.95. The number of benzene rings is 2. The summed E-state index contributed by atoms with van der Waals surface area (Å²) in [6.45, 7) is 5.39. The van der Waals surface area contributed by atoms with Gasteiger partial charge in [-0.05, 0) is 31.0 Å². The molecule has 2 nitrogen and oxygen atoms in total. The van der Waals surface area contributed by atoms with Crippen LogP contribution in [0.5, 0.6) is 0 Å². The molecule has 3 rings (SSSR count). The molecule has 0 unspecified atom stereocenters. The molecule has 24 heavy (non-hydrogen) atoms. The Labute approximate surface area is 148 Å². The summed E-state index contributed by atoms with van der Waals surface area (Å²) in [4.78, 5) is 5.94. The first-order valence-electron chi connectivity index (χ1n) is 8.63. The summed E-state index contributed by atoms with van der Waals surface area (Å²) in [5, 5.41) is 2.23. The molecule has 0 fully saturated rings. The standard InChI is InChI=1S/C21H24N2S/c1-3-4-8-15-23-20(18-13-11-17(2)12-14-18)16-24-21(23)22-19-9-6-5-7-10-19/h5-7,9-14,16H,3-4,8,15H2,1-2H3.